The first-order valence-electron chi connectivity index (χ1n) is 15.4. The van der Waals surface area contributed by atoms with Gasteiger partial charge in [0.1, 0.15) is 8.07 Å². The summed E-state index contributed by atoms with van der Waals surface area (Å²) in [6.45, 7) is 4.93. The lowest BCUT2D eigenvalue weighted by molar-refractivity contribution is 1.37. The Morgan fingerprint density at radius 3 is 2.02 bits per heavy atom. The molecule has 1 aliphatic rings. The van der Waals surface area contributed by atoms with Gasteiger partial charge in [-0.25, -0.2) is 0 Å². The Hall–Kier alpha value is -5.45. The highest BCUT2D eigenvalue weighted by Gasteiger charge is 2.37. The summed E-state index contributed by atoms with van der Waals surface area (Å²) in [5.74, 6) is 0. The van der Waals surface area contributed by atoms with Gasteiger partial charge in [0.25, 0.3) is 0 Å². The summed E-state index contributed by atoms with van der Waals surface area (Å²) in [6, 6.07) is 44.2. The number of benzene rings is 5. The Kier molecular flexibility index (Phi) is 5.65. The van der Waals surface area contributed by atoms with E-state index >= 15 is 0 Å². The van der Waals surface area contributed by atoms with E-state index in [2.05, 4.69) is 132 Å². The molecule has 8 aromatic rings. The van der Waals surface area contributed by atoms with Crippen molar-refractivity contribution in [3.63, 3.8) is 0 Å². The third kappa shape index (κ3) is 4.06. The van der Waals surface area contributed by atoms with Crippen molar-refractivity contribution in [2.24, 2.45) is 0 Å². The molecule has 4 heteroatoms. The first-order chi connectivity index (χ1) is 22.0. The van der Waals surface area contributed by atoms with Crippen LogP contribution in [0.15, 0.2) is 140 Å². The number of pyridine rings is 3. The summed E-state index contributed by atoms with van der Waals surface area (Å²) >= 11 is 0. The highest BCUT2D eigenvalue weighted by Crippen LogP contribution is 2.39. The van der Waals surface area contributed by atoms with Crippen LogP contribution in [0.2, 0.25) is 13.1 Å². The molecule has 3 aromatic heterocycles. The topological polar surface area (TPSA) is 38.7 Å². The van der Waals surface area contributed by atoms with E-state index in [1.807, 2.05) is 30.7 Å². The molecule has 45 heavy (non-hydrogen) atoms. The van der Waals surface area contributed by atoms with Crippen LogP contribution >= 0.6 is 0 Å². The minimum atomic E-state index is -1.71. The van der Waals surface area contributed by atoms with E-state index < -0.39 is 8.07 Å². The number of hydrogen-bond donors (Lipinski definition) is 0. The third-order valence-corrected chi connectivity index (χ3v) is 13.2. The van der Waals surface area contributed by atoms with Crippen LogP contribution in [-0.4, -0.2) is 23.0 Å². The lowest BCUT2D eigenvalue weighted by Crippen LogP contribution is -2.49. The fourth-order valence-corrected chi connectivity index (χ4v) is 10.3. The quantitative estimate of drug-likeness (QED) is 0.152. The molecule has 0 N–H and O–H groups in total. The second-order valence-corrected chi connectivity index (χ2v) is 16.9. The van der Waals surface area contributed by atoms with E-state index in [4.69, 9.17) is 4.98 Å². The van der Waals surface area contributed by atoms with Gasteiger partial charge < -0.3 is 0 Å². The van der Waals surface area contributed by atoms with Gasteiger partial charge in [0.15, 0.2) is 0 Å². The van der Waals surface area contributed by atoms with Gasteiger partial charge in [0, 0.05) is 40.3 Å². The number of rotatable bonds is 3. The average molecular weight is 592 g/mol. The molecule has 212 valence electrons. The van der Waals surface area contributed by atoms with E-state index in [0.717, 1.165) is 55.0 Å². The third-order valence-electron chi connectivity index (χ3n) is 9.59. The maximum absolute atomic E-state index is 4.95. The summed E-state index contributed by atoms with van der Waals surface area (Å²) in [7, 11) is -1.71. The van der Waals surface area contributed by atoms with Crippen LogP contribution < -0.4 is 10.4 Å². The smallest absolute Gasteiger partial charge is 0.113 e. The van der Waals surface area contributed by atoms with Crippen molar-refractivity contribution in [3.8, 4) is 44.5 Å². The largest absolute Gasteiger partial charge is 0.256 e. The molecule has 9 rings (SSSR count). The molecule has 3 nitrogen and oxygen atoms in total. The van der Waals surface area contributed by atoms with Crippen molar-refractivity contribution in [3.05, 3.63) is 140 Å². The molecule has 0 amide bonds. The first-order valence-corrected chi connectivity index (χ1v) is 18.4. The summed E-state index contributed by atoms with van der Waals surface area (Å²) in [4.78, 5) is 14.3. The van der Waals surface area contributed by atoms with Gasteiger partial charge >= 0.3 is 0 Å². The van der Waals surface area contributed by atoms with Crippen LogP contribution in [0.4, 0.5) is 0 Å². The molecule has 0 bridgehead atoms. The maximum Gasteiger partial charge on any atom is 0.113 e. The number of fused-ring (bicyclic) bond motifs is 7. The van der Waals surface area contributed by atoms with Gasteiger partial charge in [-0.1, -0.05) is 98.0 Å². The molecule has 4 heterocycles. The van der Waals surface area contributed by atoms with Crippen LogP contribution in [0.1, 0.15) is 0 Å². The van der Waals surface area contributed by atoms with E-state index in [1.165, 1.54) is 32.6 Å². The van der Waals surface area contributed by atoms with Crippen LogP contribution in [0.3, 0.4) is 0 Å². The van der Waals surface area contributed by atoms with Crippen molar-refractivity contribution in [2.75, 3.05) is 0 Å². The normalized spacial score (nSPS) is 13.3. The maximum atomic E-state index is 4.95. The monoisotopic (exact) mass is 591 g/mol. The number of aromatic nitrogens is 3. The second kappa shape index (κ2) is 9.78. The summed E-state index contributed by atoms with van der Waals surface area (Å²) < 4.78 is 0. The van der Waals surface area contributed by atoms with Gasteiger partial charge in [-0.3, -0.25) is 15.0 Å². The Labute approximate surface area is 262 Å². The van der Waals surface area contributed by atoms with Gasteiger partial charge in [-0.15, -0.1) is 0 Å². The van der Waals surface area contributed by atoms with Crippen LogP contribution in [-0.2, 0) is 0 Å². The fraction of sp³-hybridized carbons (Fsp3) is 0.0488. The lowest BCUT2D eigenvalue weighted by atomic mass is 9.90. The number of nitrogens with zero attached hydrogens (tertiary/aromatic N) is 3. The second-order valence-electron chi connectivity index (χ2n) is 12.5. The molecule has 5 aromatic carbocycles. The van der Waals surface area contributed by atoms with E-state index in [9.17, 15) is 0 Å². The Bertz CT molecular complexity index is 2480. The molecule has 0 fully saturated rings. The van der Waals surface area contributed by atoms with Crippen molar-refractivity contribution in [1.82, 2.24) is 15.0 Å². The van der Waals surface area contributed by atoms with Crippen molar-refractivity contribution < 1.29 is 0 Å². The fourth-order valence-electron chi connectivity index (χ4n) is 7.23. The zero-order chi connectivity index (χ0) is 30.1. The predicted octanol–water partition coefficient (Wildman–Crippen LogP) is 9.14. The molecule has 0 aliphatic carbocycles. The standard InChI is InChI=1S/C41H29N3Si/c1-45(2)38-10-4-3-9-34(38)36-23-29(16-18-39(36)45)28-15-17-33(35(22-28)30-13-11-26-7-5-19-42-37(26)24-30)32-21-31-14-12-27-8-6-20-43-40(27)41(31)44-25-32/h3-25H,1-2H3. The zero-order valence-corrected chi connectivity index (χ0v) is 26.1. The highest BCUT2D eigenvalue weighted by atomic mass is 28.3. The summed E-state index contributed by atoms with van der Waals surface area (Å²) in [6.07, 6.45) is 5.69. The van der Waals surface area contributed by atoms with Gasteiger partial charge in [0.05, 0.1) is 16.6 Å². The van der Waals surface area contributed by atoms with Crippen molar-refractivity contribution in [1.29, 1.82) is 0 Å². The molecular weight excluding hydrogens is 563 g/mol. The minimum Gasteiger partial charge on any atom is -0.256 e. The molecule has 0 saturated carbocycles. The van der Waals surface area contributed by atoms with Gasteiger partial charge in [-0.2, -0.15) is 0 Å². The zero-order valence-electron chi connectivity index (χ0n) is 25.1. The molecule has 0 unspecified atom stereocenters. The van der Waals surface area contributed by atoms with E-state index in [1.54, 1.807) is 0 Å². The molecule has 0 saturated heterocycles. The van der Waals surface area contributed by atoms with Crippen molar-refractivity contribution >= 4 is 51.2 Å². The molecule has 0 spiro atoms. The Balaban J connectivity index is 1.24. The highest BCUT2D eigenvalue weighted by molar-refractivity contribution is 7.03. The predicted molar refractivity (Wildman–Crippen MR) is 191 cm³/mol. The first kappa shape index (κ1) is 26.0. The lowest BCUT2D eigenvalue weighted by Gasteiger charge is -2.19. The van der Waals surface area contributed by atoms with Crippen LogP contribution in [0.25, 0.3) is 77.2 Å². The molecule has 1 aliphatic heterocycles. The van der Waals surface area contributed by atoms with Gasteiger partial charge in [0.2, 0.25) is 0 Å². The minimum absolute atomic E-state index is 0.926. The summed E-state index contributed by atoms with van der Waals surface area (Å²) in [5.41, 5.74) is 12.6. The van der Waals surface area contributed by atoms with Gasteiger partial charge in [-0.05, 0) is 85.7 Å². The van der Waals surface area contributed by atoms with Crippen LogP contribution in [0, 0.1) is 0 Å². The van der Waals surface area contributed by atoms with E-state index in [-0.39, 0.29) is 0 Å². The SMILES string of the molecule is C[Si]1(C)c2ccccc2-c2cc(-c3ccc(-c4cnc5c(ccc6cccnc65)c4)c(-c4ccc5cccnc5c4)c3)ccc21. The molecular formula is C41H29N3Si. The van der Waals surface area contributed by atoms with Crippen LogP contribution in [0.5, 0.6) is 0 Å². The van der Waals surface area contributed by atoms with Crippen molar-refractivity contribution in [2.45, 2.75) is 13.1 Å². The number of hydrogen-bond acceptors (Lipinski definition) is 3. The Morgan fingerprint density at radius 1 is 0.422 bits per heavy atom. The summed E-state index contributed by atoms with van der Waals surface area (Å²) in [5, 5.41) is 6.37. The average Bonchev–Trinajstić information content (AvgIpc) is 3.33. The molecule has 0 radical (unpaired) electrons. The molecule has 0 atom stereocenters. The Morgan fingerprint density at radius 2 is 1.11 bits per heavy atom. The van der Waals surface area contributed by atoms with E-state index in [0.29, 0.717) is 0 Å².